The standard InChI is InChI=1S/C12H21N.C2H6.C2H5.U.Y/c1-6-8-9-10-13(7-2)11-12(3,4)5;2*1-2;;/h1,6,8H,7,10-11H2,2-5H3;1-2H3;1H2,2H3;;/q-2;;-1;;. The third-order valence-electron chi connectivity index (χ3n) is 1.67. The summed E-state index contributed by atoms with van der Waals surface area (Å²) in [6.45, 7) is 26.1. The van der Waals surface area contributed by atoms with Gasteiger partial charge in [-0.25, -0.2) is 0 Å². The van der Waals surface area contributed by atoms with Crippen LogP contribution in [0.2, 0.25) is 0 Å². The van der Waals surface area contributed by atoms with E-state index < -0.39 is 0 Å². The van der Waals surface area contributed by atoms with Crippen LogP contribution in [0, 0.1) is 56.1 Å². The van der Waals surface area contributed by atoms with Crippen LogP contribution >= 0.6 is 0 Å². The van der Waals surface area contributed by atoms with Crippen LogP contribution in [0.1, 0.15) is 48.5 Å². The van der Waals surface area contributed by atoms with Crippen LogP contribution < -0.4 is 0 Å². The van der Waals surface area contributed by atoms with Crippen molar-refractivity contribution in [1.82, 2.24) is 4.90 Å². The van der Waals surface area contributed by atoms with Crippen LogP contribution in [0.5, 0.6) is 0 Å². The first kappa shape index (κ1) is 32.5. The first-order valence-electron chi connectivity index (χ1n) is 6.53. The van der Waals surface area contributed by atoms with Gasteiger partial charge in [-0.1, -0.05) is 48.1 Å². The molecule has 3 heteroatoms. The minimum absolute atomic E-state index is 0. The van der Waals surface area contributed by atoms with Crippen molar-refractivity contribution in [2.75, 3.05) is 19.6 Å². The van der Waals surface area contributed by atoms with E-state index in [1.54, 1.807) is 13.0 Å². The summed E-state index contributed by atoms with van der Waals surface area (Å²) >= 11 is 0. The Morgan fingerprint density at radius 2 is 1.63 bits per heavy atom. The molecule has 0 aliphatic heterocycles. The molecule has 0 atom stereocenters. The summed E-state index contributed by atoms with van der Waals surface area (Å²) in [4.78, 5) is 2.35. The molecular formula is C16H32NUY-3. The van der Waals surface area contributed by atoms with Gasteiger partial charge in [-0.2, -0.15) is 6.92 Å². The van der Waals surface area contributed by atoms with Crippen LogP contribution in [0.15, 0.2) is 12.2 Å². The molecule has 0 amide bonds. The fourth-order valence-corrected chi connectivity index (χ4v) is 1.20. The van der Waals surface area contributed by atoms with E-state index in [0.29, 0.717) is 5.41 Å². The van der Waals surface area contributed by atoms with Crippen molar-refractivity contribution in [3.63, 3.8) is 0 Å². The number of hydrogen-bond acceptors (Lipinski definition) is 1. The normalized spacial score (nSPS) is 9.32. The van der Waals surface area contributed by atoms with Crippen LogP contribution in [0.4, 0.5) is 0 Å². The van der Waals surface area contributed by atoms with Gasteiger partial charge >= 0.3 is 0 Å². The summed E-state index contributed by atoms with van der Waals surface area (Å²) in [5, 5.41) is 0. The van der Waals surface area contributed by atoms with E-state index in [0.717, 1.165) is 19.6 Å². The second-order valence-electron chi connectivity index (χ2n) is 4.43. The molecule has 0 saturated carbocycles. The molecule has 0 bridgehead atoms. The molecule has 0 unspecified atom stereocenters. The van der Waals surface area contributed by atoms with E-state index in [1.165, 1.54) is 6.08 Å². The molecule has 1 nitrogen and oxygen atoms in total. The second kappa shape index (κ2) is 24.6. The fourth-order valence-electron chi connectivity index (χ4n) is 1.20. The zero-order chi connectivity index (χ0) is 14.3. The van der Waals surface area contributed by atoms with Crippen molar-refractivity contribution >= 4 is 0 Å². The maximum absolute atomic E-state index is 5.22. The Labute approximate surface area is 172 Å². The van der Waals surface area contributed by atoms with Gasteiger partial charge < -0.3 is 36.6 Å². The number of likely N-dealkylation sites (N-methyl/N-ethyl adjacent to an activating group) is 1. The molecule has 0 aromatic carbocycles. The van der Waals surface area contributed by atoms with Crippen molar-refractivity contribution in [3.05, 3.63) is 31.7 Å². The summed E-state index contributed by atoms with van der Waals surface area (Å²) in [6.07, 6.45) is 6.42. The summed E-state index contributed by atoms with van der Waals surface area (Å²) in [5.41, 5.74) is 0.351. The summed E-state index contributed by atoms with van der Waals surface area (Å²) < 4.78 is 0. The number of nitrogens with zero attached hydrogens (tertiary/aromatic N) is 1. The monoisotopic (exact) mass is 565 g/mol. The molecule has 0 rings (SSSR count). The Morgan fingerprint density at radius 1 is 1.21 bits per heavy atom. The number of rotatable bonds is 5. The van der Waals surface area contributed by atoms with E-state index in [2.05, 4.69) is 45.6 Å². The molecule has 0 aliphatic carbocycles. The zero-order valence-electron chi connectivity index (χ0n) is 14.1. The quantitative estimate of drug-likeness (QED) is 0.349. The molecule has 1 radical (unpaired) electrons. The Balaban J connectivity index is -0.0000000988. The molecule has 111 valence electrons. The van der Waals surface area contributed by atoms with Gasteiger partial charge in [0.05, 0.1) is 0 Å². The van der Waals surface area contributed by atoms with E-state index >= 15 is 0 Å². The van der Waals surface area contributed by atoms with Crippen molar-refractivity contribution in [3.8, 4) is 0 Å². The second-order valence-corrected chi connectivity index (χ2v) is 4.43. The maximum Gasteiger partial charge on any atom is 0.00160 e. The molecule has 0 aromatic heterocycles. The largest absolute Gasteiger partial charge is 0.394 e. The topological polar surface area (TPSA) is 3.24 Å². The molecule has 0 heterocycles. The van der Waals surface area contributed by atoms with Gasteiger partial charge in [0, 0.05) is 70.4 Å². The van der Waals surface area contributed by atoms with E-state index in [-0.39, 0.29) is 63.8 Å². The third-order valence-corrected chi connectivity index (χ3v) is 1.67. The van der Waals surface area contributed by atoms with Gasteiger partial charge in [0.1, 0.15) is 0 Å². The fraction of sp³-hybridized carbons (Fsp3) is 0.688. The maximum atomic E-state index is 5.22. The van der Waals surface area contributed by atoms with Gasteiger partial charge in [0.15, 0.2) is 0 Å². The SMILES string of the molecule is CC.[CH-]=CC=[C-]CN(CC)CC(C)(C)C.[CH2-]C.[U].[Y]. The molecule has 0 N–H and O–H groups in total. The van der Waals surface area contributed by atoms with Crippen molar-refractivity contribution < 1.29 is 63.8 Å². The molecule has 0 saturated heterocycles. The first-order valence-corrected chi connectivity index (χ1v) is 6.53. The smallest absolute Gasteiger partial charge is 0.00160 e. The molecule has 19 heavy (non-hydrogen) atoms. The Bertz CT molecular complexity index is 174. The summed E-state index contributed by atoms with van der Waals surface area (Å²) in [5.74, 6) is 0. The van der Waals surface area contributed by atoms with Crippen LogP contribution in [-0.2, 0) is 32.7 Å². The van der Waals surface area contributed by atoms with Crippen molar-refractivity contribution in [1.29, 1.82) is 0 Å². The third kappa shape index (κ3) is 32.8. The molecule has 0 aromatic rings. The Kier molecular flexibility index (Phi) is 42.1. The average Bonchev–Trinajstić information content (AvgIpc) is 2.32. The molecule has 0 fully saturated rings. The van der Waals surface area contributed by atoms with Crippen molar-refractivity contribution in [2.45, 2.75) is 48.5 Å². The Morgan fingerprint density at radius 3 is 1.89 bits per heavy atom. The van der Waals surface area contributed by atoms with Crippen LogP contribution in [0.25, 0.3) is 0 Å². The van der Waals surface area contributed by atoms with E-state index in [1.807, 2.05) is 13.8 Å². The van der Waals surface area contributed by atoms with Crippen molar-refractivity contribution in [2.24, 2.45) is 5.41 Å². The van der Waals surface area contributed by atoms with Gasteiger partial charge in [0.2, 0.25) is 0 Å². The number of hydrogen-bond donors (Lipinski definition) is 0. The van der Waals surface area contributed by atoms with Gasteiger partial charge in [-0.3, -0.25) is 0 Å². The van der Waals surface area contributed by atoms with Gasteiger partial charge in [-0.05, 0) is 12.0 Å². The number of allylic oxidation sites excluding steroid dienone is 2. The van der Waals surface area contributed by atoms with Gasteiger partial charge in [0.25, 0.3) is 0 Å². The minimum Gasteiger partial charge on any atom is -0.394 e. The molecular weight excluding hydrogens is 533 g/mol. The predicted molar refractivity (Wildman–Crippen MR) is 80.6 cm³/mol. The first-order chi connectivity index (χ1) is 7.99. The van der Waals surface area contributed by atoms with Crippen LogP contribution in [-0.4, -0.2) is 24.5 Å². The minimum atomic E-state index is 0. The molecule has 0 aliphatic rings. The average molecular weight is 565 g/mol. The van der Waals surface area contributed by atoms with E-state index in [9.17, 15) is 0 Å². The van der Waals surface area contributed by atoms with E-state index in [4.69, 9.17) is 6.58 Å². The summed E-state index contributed by atoms with van der Waals surface area (Å²) in [7, 11) is 0. The summed E-state index contributed by atoms with van der Waals surface area (Å²) in [6, 6.07) is 0. The van der Waals surface area contributed by atoms with Crippen LogP contribution in [0.3, 0.4) is 0 Å². The Hall–Kier alpha value is 1.60. The molecule has 0 spiro atoms. The zero-order valence-corrected chi connectivity index (χ0v) is 21.1. The van der Waals surface area contributed by atoms with Gasteiger partial charge in [-0.15, -0.1) is 0 Å². The predicted octanol–water partition coefficient (Wildman–Crippen LogP) is 4.57.